The number of hydrogen-bond acceptors (Lipinski definition) is 6. The van der Waals surface area contributed by atoms with E-state index in [0.29, 0.717) is 25.5 Å². The van der Waals surface area contributed by atoms with Gasteiger partial charge in [-0.1, -0.05) is 18.2 Å². The first-order valence-electron chi connectivity index (χ1n) is 9.12. The van der Waals surface area contributed by atoms with Crippen LogP contribution >= 0.6 is 0 Å². The van der Waals surface area contributed by atoms with E-state index in [2.05, 4.69) is 25.6 Å². The van der Waals surface area contributed by atoms with Crippen molar-refractivity contribution in [3.63, 3.8) is 0 Å². The molecule has 0 saturated heterocycles. The second-order valence-electron chi connectivity index (χ2n) is 6.26. The van der Waals surface area contributed by atoms with E-state index in [4.69, 9.17) is 4.74 Å². The number of pyridine rings is 1. The molecule has 0 radical (unpaired) electrons. The molecule has 7 nitrogen and oxygen atoms in total. The van der Waals surface area contributed by atoms with Crippen molar-refractivity contribution in [2.24, 2.45) is 0 Å². The van der Waals surface area contributed by atoms with E-state index in [0.717, 1.165) is 16.9 Å². The SMILES string of the molecule is CC(NC(=O)CCNc1ncccn1)c1ccc(OCc2cccnc2)cc1. The van der Waals surface area contributed by atoms with Gasteiger partial charge in [0.15, 0.2) is 0 Å². The maximum absolute atomic E-state index is 12.1. The van der Waals surface area contributed by atoms with Crippen molar-refractivity contribution in [2.75, 3.05) is 11.9 Å². The molecule has 1 atom stereocenters. The third-order valence-corrected chi connectivity index (χ3v) is 4.09. The van der Waals surface area contributed by atoms with Crippen LogP contribution in [0.1, 0.15) is 30.5 Å². The summed E-state index contributed by atoms with van der Waals surface area (Å²) < 4.78 is 5.76. The molecular formula is C21H23N5O2. The van der Waals surface area contributed by atoms with Gasteiger partial charge in [0, 0.05) is 43.3 Å². The summed E-state index contributed by atoms with van der Waals surface area (Å²) in [6.07, 6.45) is 7.17. The van der Waals surface area contributed by atoms with Crippen molar-refractivity contribution in [3.8, 4) is 5.75 Å². The van der Waals surface area contributed by atoms with Gasteiger partial charge in [-0.05, 0) is 36.8 Å². The summed E-state index contributed by atoms with van der Waals surface area (Å²) in [4.78, 5) is 24.3. The number of rotatable bonds is 9. The minimum absolute atomic E-state index is 0.0344. The van der Waals surface area contributed by atoms with Gasteiger partial charge in [-0.2, -0.15) is 0 Å². The van der Waals surface area contributed by atoms with Gasteiger partial charge in [0.25, 0.3) is 0 Å². The number of ether oxygens (including phenoxy) is 1. The van der Waals surface area contributed by atoms with Gasteiger partial charge in [-0.15, -0.1) is 0 Å². The molecule has 0 spiro atoms. The molecule has 7 heteroatoms. The lowest BCUT2D eigenvalue weighted by Gasteiger charge is -2.15. The summed E-state index contributed by atoms with van der Waals surface area (Å²) in [6.45, 7) is 2.90. The Morgan fingerprint density at radius 2 is 1.86 bits per heavy atom. The monoisotopic (exact) mass is 377 g/mol. The van der Waals surface area contributed by atoms with Crippen molar-refractivity contribution in [1.82, 2.24) is 20.3 Å². The fourth-order valence-electron chi connectivity index (χ4n) is 2.58. The van der Waals surface area contributed by atoms with Crippen LogP contribution in [0.4, 0.5) is 5.95 Å². The molecule has 2 aromatic heterocycles. The molecule has 2 heterocycles. The minimum atomic E-state index is -0.0900. The molecule has 28 heavy (non-hydrogen) atoms. The zero-order valence-corrected chi connectivity index (χ0v) is 15.7. The summed E-state index contributed by atoms with van der Waals surface area (Å²) in [5.74, 6) is 1.26. The summed E-state index contributed by atoms with van der Waals surface area (Å²) in [5, 5.41) is 6.01. The number of carbonyl (C=O) groups is 1. The van der Waals surface area contributed by atoms with Crippen molar-refractivity contribution in [3.05, 3.63) is 78.4 Å². The largest absolute Gasteiger partial charge is 0.489 e. The molecule has 3 rings (SSSR count). The zero-order valence-electron chi connectivity index (χ0n) is 15.7. The first-order valence-corrected chi connectivity index (χ1v) is 9.12. The van der Waals surface area contributed by atoms with Crippen molar-refractivity contribution < 1.29 is 9.53 Å². The third-order valence-electron chi connectivity index (χ3n) is 4.09. The van der Waals surface area contributed by atoms with Crippen LogP contribution < -0.4 is 15.4 Å². The van der Waals surface area contributed by atoms with Crippen LogP contribution in [0.25, 0.3) is 0 Å². The number of nitrogens with one attached hydrogen (secondary N) is 2. The summed E-state index contributed by atoms with van der Waals surface area (Å²) in [5.41, 5.74) is 2.03. The smallest absolute Gasteiger partial charge is 0.222 e. The van der Waals surface area contributed by atoms with Crippen molar-refractivity contribution in [2.45, 2.75) is 26.0 Å². The Morgan fingerprint density at radius 1 is 1.07 bits per heavy atom. The second-order valence-corrected chi connectivity index (χ2v) is 6.26. The van der Waals surface area contributed by atoms with E-state index in [9.17, 15) is 4.79 Å². The molecule has 0 aliphatic rings. The Balaban J connectivity index is 1.42. The zero-order chi connectivity index (χ0) is 19.6. The highest BCUT2D eigenvalue weighted by atomic mass is 16.5. The molecule has 1 amide bonds. The first-order chi connectivity index (χ1) is 13.7. The van der Waals surface area contributed by atoms with E-state index in [1.165, 1.54) is 0 Å². The van der Waals surface area contributed by atoms with Crippen LogP contribution in [0.15, 0.2) is 67.3 Å². The van der Waals surface area contributed by atoms with Crippen LogP contribution in [0.5, 0.6) is 5.75 Å². The molecule has 0 saturated carbocycles. The number of amides is 1. The maximum atomic E-state index is 12.1. The maximum Gasteiger partial charge on any atom is 0.222 e. The van der Waals surface area contributed by atoms with Gasteiger partial charge in [-0.25, -0.2) is 9.97 Å². The van der Waals surface area contributed by atoms with Gasteiger partial charge in [-0.3, -0.25) is 9.78 Å². The predicted octanol–water partition coefficient (Wildman–Crippen LogP) is 3.13. The van der Waals surface area contributed by atoms with E-state index < -0.39 is 0 Å². The number of anilines is 1. The van der Waals surface area contributed by atoms with Crippen molar-refractivity contribution >= 4 is 11.9 Å². The highest BCUT2D eigenvalue weighted by Crippen LogP contribution is 2.18. The van der Waals surface area contributed by atoms with E-state index >= 15 is 0 Å². The Morgan fingerprint density at radius 3 is 2.57 bits per heavy atom. The lowest BCUT2D eigenvalue weighted by atomic mass is 10.1. The average Bonchev–Trinajstić information content (AvgIpc) is 2.74. The van der Waals surface area contributed by atoms with Crippen molar-refractivity contribution in [1.29, 1.82) is 0 Å². The first kappa shape index (κ1) is 19.3. The second kappa shape index (κ2) is 10.0. The van der Waals surface area contributed by atoms with E-state index in [1.54, 1.807) is 30.9 Å². The van der Waals surface area contributed by atoms with E-state index in [-0.39, 0.29) is 11.9 Å². The summed E-state index contributed by atoms with van der Waals surface area (Å²) in [6, 6.07) is 13.2. The lowest BCUT2D eigenvalue weighted by molar-refractivity contribution is -0.121. The van der Waals surface area contributed by atoms with Gasteiger partial charge < -0.3 is 15.4 Å². The summed E-state index contributed by atoms with van der Waals surface area (Å²) in [7, 11) is 0. The number of nitrogens with zero attached hydrogens (tertiary/aromatic N) is 3. The molecule has 1 unspecified atom stereocenters. The Bertz CT molecular complexity index is 857. The lowest BCUT2D eigenvalue weighted by Crippen LogP contribution is -2.28. The predicted molar refractivity (Wildman–Crippen MR) is 107 cm³/mol. The topological polar surface area (TPSA) is 89.0 Å². The quantitative estimate of drug-likeness (QED) is 0.596. The van der Waals surface area contributed by atoms with Gasteiger partial charge in [0.2, 0.25) is 11.9 Å². The number of hydrogen-bond donors (Lipinski definition) is 2. The normalized spacial score (nSPS) is 11.5. The molecule has 0 bridgehead atoms. The highest BCUT2D eigenvalue weighted by Gasteiger charge is 2.10. The molecule has 3 aromatic rings. The molecular weight excluding hydrogens is 354 g/mol. The van der Waals surface area contributed by atoms with Crippen LogP contribution in [-0.4, -0.2) is 27.4 Å². The fourth-order valence-corrected chi connectivity index (χ4v) is 2.58. The molecule has 0 fully saturated rings. The highest BCUT2D eigenvalue weighted by molar-refractivity contribution is 5.76. The molecule has 2 N–H and O–H groups in total. The average molecular weight is 377 g/mol. The van der Waals surface area contributed by atoms with Crippen LogP contribution in [0, 0.1) is 0 Å². The van der Waals surface area contributed by atoms with Gasteiger partial charge >= 0.3 is 0 Å². The molecule has 0 aliphatic carbocycles. The Hall–Kier alpha value is -3.48. The number of carbonyl (C=O) groups excluding carboxylic acids is 1. The van der Waals surface area contributed by atoms with Gasteiger partial charge in [0.1, 0.15) is 12.4 Å². The third kappa shape index (κ3) is 6.05. The molecule has 1 aromatic carbocycles. The van der Waals surface area contributed by atoms with Crippen LogP contribution in [-0.2, 0) is 11.4 Å². The minimum Gasteiger partial charge on any atom is -0.489 e. The summed E-state index contributed by atoms with van der Waals surface area (Å²) >= 11 is 0. The fraction of sp³-hybridized carbons (Fsp3) is 0.238. The Kier molecular flexibility index (Phi) is 6.89. The Labute approximate surface area is 164 Å². The van der Waals surface area contributed by atoms with E-state index in [1.807, 2.05) is 43.3 Å². The number of benzene rings is 1. The number of aromatic nitrogens is 3. The van der Waals surface area contributed by atoms with Gasteiger partial charge in [0.05, 0.1) is 6.04 Å². The van der Waals surface area contributed by atoms with Crippen LogP contribution in [0.3, 0.4) is 0 Å². The standard InChI is InChI=1S/C21H23N5O2/c1-16(26-20(27)9-13-25-21-23-11-3-12-24-21)18-5-7-19(8-6-18)28-15-17-4-2-10-22-14-17/h2-8,10-12,14,16H,9,13,15H2,1H3,(H,26,27)(H,23,24,25). The van der Waals surface area contributed by atoms with Crippen LogP contribution in [0.2, 0.25) is 0 Å². The molecule has 0 aliphatic heterocycles. The molecule has 144 valence electrons.